The number of nitrogens with zero attached hydrogens (tertiary/aromatic N) is 2. The van der Waals surface area contributed by atoms with Crippen LogP contribution in [0.25, 0.3) is 11.1 Å². The first-order valence-electron chi connectivity index (χ1n) is 7.43. The summed E-state index contributed by atoms with van der Waals surface area (Å²) in [5.74, 6) is -0.0226. The van der Waals surface area contributed by atoms with E-state index in [1.807, 2.05) is 0 Å². The van der Waals surface area contributed by atoms with Crippen LogP contribution in [-0.4, -0.2) is 24.3 Å². The molecule has 9 heteroatoms. The number of sulfonamides is 1. The lowest BCUT2D eigenvalue weighted by molar-refractivity contribution is -0.114. The number of rotatable bonds is 6. The third-order valence-corrected chi connectivity index (χ3v) is 4.74. The van der Waals surface area contributed by atoms with Gasteiger partial charge in [0.05, 0.1) is 0 Å². The van der Waals surface area contributed by atoms with Crippen LogP contribution in [-0.2, 0) is 14.8 Å². The molecular formula is C16H19N5O3S. The zero-order valence-corrected chi connectivity index (χ0v) is 14.7. The maximum Gasteiger partial charge on any atom is 0.265 e. The second-order valence-corrected chi connectivity index (χ2v) is 6.93. The molecule has 0 saturated heterocycles. The Hall–Kier alpha value is -2.94. The summed E-state index contributed by atoms with van der Waals surface area (Å²) < 4.78 is 27.3. The van der Waals surface area contributed by atoms with Crippen LogP contribution in [0.1, 0.15) is 20.3 Å². The summed E-state index contributed by atoms with van der Waals surface area (Å²) in [7, 11) is -3.88. The number of pyridine rings is 2. The minimum absolute atomic E-state index is 0.115. The van der Waals surface area contributed by atoms with Gasteiger partial charge < -0.3 is 11.1 Å². The Morgan fingerprint density at radius 2 is 2.00 bits per heavy atom. The Bertz CT molecular complexity index is 925. The van der Waals surface area contributed by atoms with Crippen molar-refractivity contribution in [3.05, 3.63) is 42.9 Å². The summed E-state index contributed by atoms with van der Waals surface area (Å²) in [5.41, 5.74) is 7.24. The average Bonchev–Trinajstić information content (AvgIpc) is 2.54. The molecule has 0 saturated carbocycles. The van der Waals surface area contributed by atoms with Crippen molar-refractivity contribution in [2.75, 3.05) is 11.1 Å². The first kappa shape index (κ1) is 18.4. The van der Waals surface area contributed by atoms with E-state index in [1.165, 1.54) is 25.4 Å². The molecule has 4 N–H and O–H groups in total. The van der Waals surface area contributed by atoms with Gasteiger partial charge in [0.1, 0.15) is 16.5 Å². The third-order valence-electron chi connectivity index (χ3n) is 3.27. The van der Waals surface area contributed by atoms with E-state index in [0.29, 0.717) is 29.1 Å². The number of amides is 1. The lowest BCUT2D eigenvalue weighted by Gasteiger charge is -2.12. The van der Waals surface area contributed by atoms with Gasteiger partial charge in [-0.3, -0.25) is 9.52 Å². The molecule has 0 bridgehead atoms. The van der Waals surface area contributed by atoms with Gasteiger partial charge in [0, 0.05) is 30.6 Å². The van der Waals surface area contributed by atoms with Crippen LogP contribution in [0.5, 0.6) is 0 Å². The number of carbonyl (C=O) groups is 1. The Kier molecular flexibility index (Phi) is 5.38. The standard InChI is InChI=1S/C16H19N5O3S/c1-4-10(2)21-25(23,24)14-7-13(9-19-16(14)17)12-5-6-18-15(8-12)20-11(3)22/h5-9,21H,2,4H2,1,3H3,(H2,17,19)(H,18,20,22). The molecule has 0 fully saturated rings. The molecule has 2 aromatic heterocycles. The largest absolute Gasteiger partial charge is 0.383 e. The molecule has 8 nitrogen and oxygen atoms in total. The van der Waals surface area contributed by atoms with Gasteiger partial charge >= 0.3 is 0 Å². The molecule has 2 heterocycles. The van der Waals surface area contributed by atoms with Gasteiger partial charge in [0.15, 0.2) is 0 Å². The molecule has 0 aliphatic rings. The van der Waals surface area contributed by atoms with E-state index in [4.69, 9.17) is 5.73 Å². The number of carbonyl (C=O) groups excluding carboxylic acids is 1. The van der Waals surface area contributed by atoms with Crippen molar-refractivity contribution in [3.8, 4) is 11.1 Å². The first-order chi connectivity index (χ1) is 11.7. The van der Waals surface area contributed by atoms with Crippen molar-refractivity contribution in [1.82, 2.24) is 14.7 Å². The number of hydrogen-bond donors (Lipinski definition) is 3. The Balaban J connectivity index is 2.46. The predicted molar refractivity (Wildman–Crippen MR) is 95.9 cm³/mol. The molecule has 0 aliphatic carbocycles. The Morgan fingerprint density at radius 1 is 1.28 bits per heavy atom. The highest BCUT2D eigenvalue weighted by Crippen LogP contribution is 2.26. The fraction of sp³-hybridized carbons (Fsp3) is 0.188. The Labute approximate surface area is 146 Å². The van der Waals surface area contributed by atoms with Crippen LogP contribution in [0.15, 0.2) is 47.8 Å². The van der Waals surface area contributed by atoms with Gasteiger partial charge in [-0.05, 0) is 30.2 Å². The highest BCUT2D eigenvalue weighted by Gasteiger charge is 2.20. The minimum atomic E-state index is -3.88. The molecule has 0 atom stereocenters. The van der Waals surface area contributed by atoms with E-state index in [0.717, 1.165) is 0 Å². The molecule has 2 aromatic rings. The van der Waals surface area contributed by atoms with Crippen molar-refractivity contribution in [1.29, 1.82) is 0 Å². The van der Waals surface area contributed by atoms with Crippen LogP contribution < -0.4 is 15.8 Å². The van der Waals surface area contributed by atoms with Crippen molar-refractivity contribution >= 4 is 27.6 Å². The van der Waals surface area contributed by atoms with E-state index in [1.54, 1.807) is 19.1 Å². The summed E-state index contributed by atoms with van der Waals surface area (Å²) in [5, 5.41) is 2.57. The number of nitrogens with one attached hydrogen (secondary N) is 2. The highest BCUT2D eigenvalue weighted by molar-refractivity contribution is 7.89. The van der Waals surface area contributed by atoms with Crippen LogP contribution in [0.4, 0.5) is 11.6 Å². The topological polar surface area (TPSA) is 127 Å². The monoisotopic (exact) mass is 361 g/mol. The molecule has 1 amide bonds. The molecule has 0 unspecified atom stereocenters. The second-order valence-electron chi connectivity index (χ2n) is 5.28. The molecule has 2 rings (SSSR count). The number of anilines is 2. The van der Waals surface area contributed by atoms with E-state index in [-0.39, 0.29) is 16.6 Å². The van der Waals surface area contributed by atoms with E-state index in [2.05, 4.69) is 26.6 Å². The van der Waals surface area contributed by atoms with Gasteiger partial charge in [-0.15, -0.1) is 0 Å². The lowest BCUT2D eigenvalue weighted by Crippen LogP contribution is -2.23. The number of nitrogens with two attached hydrogens (primary N) is 1. The van der Waals surface area contributed by atoms with E-state index in [9.17, 15) is 13.2 Å². The molecule has 132 valence electrons. The summed E-state index contributed by atoms with van der Waals surface area (Å²) in [6, 6.07) is 4.71. The molecule has 0 aliphatic heterocycles. The van der Waals surface area contributed by atoms with Crippen molar-refractivity contribution in [3.63, 3.8) is 0 Å². The van der Waals surface area contributed by atoms with Crippen LogP contribution in [0, 0.1) is 0 Å². The molecule has 0 spiro atoms. The fourth-order valence-corrected chi connectivity index (χ4v) is 3.25. The number of aromatic nitrogens is 2. The van der Waals surface area contributed by atoms with Gasteiger partial charge in [-0.2, -0.15) is 0 Å². The normalized spacial score (nSPS) is 11.0. The summed E-state index contributed by atoms with van der Waals surface area (Å²) in [6.45, 7) is 6.79. The van der Waals surface area contributed by atoms with Gasteiger partial charge in [0.25, 0.3) is 10.0 Å². The summed E-state index contributed by atoms with van der Waals surface area (Å²) in [4.78, 5) is 19.0. The summed E-state index contributed by atoms with van der Waals surface area (Å²) in [6.07, 6.45) is 3.41. The first-order valence-corrected chi connectivity index (χ1v) is 8.91. The third kappa shape index (κ3) is 4.54. The fourth-order valence-electron chi connectivity index (χ4n) is 2.00. The SMILES string of the molecule is C=C(CC)NS(=O)(=O)c1cc(-c2ccnc(NC(C)=O)c2)cnc1N. The van der Waals surface area contributed by atoms with Crippen molar-refractivity contribution < 1.29 is 13.2 Å². The molecule has 25 heavy (non-hydrogen) atoms. The molecule has 0 aromatic carbocycles. The average molecular weight is 361 g/mol. The smallest absolute Gasteiger partial charge is 0.265 e. The van der Waals surface area contributed by atoms with E-state index >= 15 is 0 Å². The second kappa shape index (κ2) is 7.31. The minimum Gasteiger partial charge on any atom is -0.383 e. The number of hydrogen-bond acceptors (Lipinski definition) is 6. The van der Waals surface area contributed by atoms with Crippen molar-refractivity contribution in [2.45, 2.75) is 25.2 Å². The molecular weight excluding hydrogens is 342 g/mol. The molecule has 0 radical (unpaired) electrons. The van der Waals surface area contributed by atoms with Crippen LogP contribution in [0.3, 0.4) is 0 Å². The quantitative estimate of drug-likeness (QED) is 0.721. The van der Waals surface area contributed by atoms with Gasteiger partial charge in [0.2, 0.25) is 5.91 Å². The zero-order chi connectivity index (χ0) is 18.6. The maximum atomic E-state index is 12.5. The van der Waals surface area contributed by atoms with Crippen molar-refractivity contribution in [2.24, 2.45) is 0 Å². The van der Waals surface area contributed by atoms with Crippen LogP contribution in [0.2, 0.25) is 0 Å². The highest BCUT2D eigenvalue weighted by atomic mass is 32.2. The summed E-state index contributed by atoms with van der Waals surface area (Å²) >= 11 is 0. The van der Waals surface area contributed by atoms with Gasteiger partial charge in [-0.1, -0.05) is 13.5 Å². The number of nitrogen functional groups attached to an aromatic ring is 1. The van der Waals surface area contributed by atoms with Crippen LogP contribution >= 0.6 is 0 Å². The lowest BCUT2D eigenvalue weighted by atomic mass is 10.1. The van der Waals surface area contributed by atoms with E-state index < -0.39 is 10.0 Å². The Morgan fingerprint density at radius 3 is 2.64 bits per heavy atom. The zero-order valence-electron chi connectivity index (χ0n) is 13.9. The van der Waals surface area contributed by atoms with Gasteiger partial charge in [-0.25, -0.2) is 18.4 Å². The number of allylic oxidation sites excluding steroid dienone is 1. The maximum absolute atomic E-state index is 12.5. The predicted octanol–water partition coefficient (Wildman–Crippen LogP) is 1.89.